The average Bonchev–Trinajstić information content (AvgIpc) is 2.27. The van der Waals surface area contributed by atoms with Gasteiger partial charge in [-0.3, -0.25) is 0 Å². The van der Waals surface area contributed by atoms with Crippen molar-refractivity contribution in [3.8, 4) is 0 Å². The van der Waals surface area contributed by atoms with Gasteiger partial charge in [0.15, 0.2) is 0 Å². The van der Waals surface area contributed by atoms with Crippen LogP contribution in [0.3, 0.4) is 0 Å². The van der Waals surface area contributed by atoms with Gasteiger partial charge < -0.3 is 5.73 Å². The highest BCUT2D eigenvalue weighted by Crippen LogP contribution is 2.34. The van der Waals surface area contributed by atoms with E-state index in [1.807, 2.05) is 12.1 Å². The molecule has 0 aliphatic heterocycles. The molecule has 0 bridgehead atoms. The maximum absolute atomic E-state index is 13.8. The van der Waals surface area contributed by atoms with Crippen LogP contribution in [0.2, 0.25) is 0 Å². The maximum atomic E-state index is 13.8. The quantitative estimate of drug-likeness (QED) is 0.876. The van der Waals surface area contributed by atoms with E-state index in [0.29, 0.717) is 12.3 Å². The van der Waals surface area contributed by atoms with E-state index < -0.39 is 0 Å². The number of nitrogens with two attached hydrogens (primary N) is 1. The maximum Gasteiger partial charge on any atom is 0.127 e. The summed E-state index contributed by atoms with van der Waals surface area (Å²) in [5.41, 5.74) is 6.97. The molecular formula is C14H19BrFN. The molecule has 2 atom stereocenters. The molecule has 1 aliphatic carbocycles. The SMILES string of the molecule is CC1CCCCC1(N)Cc1ccc(Br)cc1F. The van der Waals surface area contributed by atoms with Crippen molar-refractivity contribution in [2.75, 3.05) is 0 Å². The molecule has 1 nitrogen and oxygen atoms in total. The van der Waals surface area contributed by atoms with E-state index in [9.17, 15) is 4.39 Å². The van der Waals surface area contributed by atoms with Gasteiger partial charge in [-0.05, 0) is 42.9 Å². The molecule has 0 amide bonds. The summed E-state index contributed by atoms with van der Waals surface area (Å²) >= 11 is 3.28. The molecule has 1 aromatic rings. The third kappa shape index (κ3) is 2.89. The highest BCUT2D eigenvalue weighted by atomic mass is 79.9. The highest BCUT2D eigenvalue weighted by molar-refractivity contribution is 9.10. The molecule has 0 heterocycles. The summed E-state index contributed by atoms with van der Waals surface area (Å²) in [6.45, 7) is 2.19. The van der Waals surface area contributed by atoms with Crippen molar-refractivity contribution in [2.24, 2.45) is 11.7 Å². The Morgan fingerprint density at radius 1 is 1.47 bits per heavy atom. The standard InChI is InChI=1S/C14H19BrFN/c1-10-4-2-3-7-14(10,17)9-11-5-6-12(15)8-13(11)16/h5-6,8,10H,2-4,7,9,17H2,1H3. The summed E-state index contributed by atoms with van der Waals surface area (Å²) < 4.78 is 14.6. The Kier molecular flexibility index (Phi) is 3.88. The fourth-order valence-electron chi connectivity index (χ4n) is 2.72. The Morgan fingerprint density at radius 2 is 2.24 bits per heavy atom. The molecule has 0 spiro atoms. The topological polar surface area (TPSA) is 26.0 Å². The smallest absolute Gasteiger partial charge is 0.127 e. The van der Waals surface area contributed by atoms with Crippen molar-refractivity contribution in [1.29, 1.82) is 0 Å². The van der Waals surface area contributed by atoms with E-state index in [0.717, 1.165) is 22.9 Å². The first-order chi connectivity index (χ1) is 8.01. The van der Waals surface area contributed by atoms with Crippen LogP contribution in [0.25, 0.3) is 0 Å². The fraction of sp³-hybridized carbons (Fsp3) is 0.571. The molecule has 1 fully saturated rings. The molecule has 1 aromatic carbocycles. The Bertz CT molecular complexity index is 407. The Morgan fingerprint density at radius 3 is 2.88 bits per heavy atom. The van der Waals surface area contributed by atoms with Crippen LogP contribution in [0.1, 0.15) is 38.2 Å². The second-order valence-corrected chi connectivity index (χ2v) is 6.21. The van der Waals surface area contributed by atoms with Crippen molar-refractivity contribution < 1.29 is 4.39 Å². The number of hydrogen-bond acceptors (Lipinski definition) is 1. The predicted molar refractivity (Wildman–Crippen MR) is 72.4 cm³/mol. The van der Waals surface area contributed by atoms with Crippen LogP contribution in [-0.2, 0) is 6.42 Å². The van der Waals surface area contributed by atoms with Gasteiger partial charge in [0.1, 0.15) is 5.82 Å². The minimum atomic E-state index is -0.229. The molecule has 94 valence electrons. The first kappa shape index (κ1) is 13.0. The molecule has 1 aliphatic rings. The highest BCUT2D eigenvalue weighted by Gasteiger charge is 2.34. The zero-order chi connectivity index (χ0) is 12.5. The summed E-state index contributed by atoms with van der Waals surface area (Å²) in [6, 6.07) is 5.25. The van der Waals surface area contributed by atoms with Crippen LogP contribution < -0.4 is 5.73 Å². The van der Waals surface area contributed by atoms with Crippen molar-refractivity contribution >= 4 is 15.9 Å². The Hall–Kier alpha value is -0.410. The minimum Gasteiger partial charge on any atom is -0.325 e. The van der Waals surface area contributed by atoms with Crippen molar-refractivity contribution in [1.82, 2.24) is 0 Å². The van der Waals surface area contributed by atoms with E-state index in [1.165, 1.54) is 18.9 Å². The average molecular weight is 300 g/mol. The number of benzene rings is 1. The van der Waals surface area contributed by atoms with E-state index in [1.54, 1.807) is 0 Å². The molecule has 17 heavy (non-hydrogen) atoms. The predicted octanol–water partition coefficient (Wildman–Crippen LogP) is 4.04. The molecule has 0 radical (unpaired) electrons. The van der Waals surface area contributed by atoms with Crippen LogP contribution >= 0.6 is 15.9 Å². The van der Waals surface area contributed by atoms with Gasteiger partial charge in [-0.25, -0.2) is 4.39 Å². The van der Waals surface area contributed by atoms with E-state index in [-0.39, 0.29) is 11.4 Å². The lowest BCUT2D eigenvalue weighted by Gasteiger charge is -2.39. The summed E-state index contributed by atoms with van der Waals surface area (Å²) in [4.78, 5) is 0. The third-order valence-electron chi connectivity index (χ3n) is 4.05. The number of halogens is 2. The molecule has 0 aromatic heterocycles. The summed E-state index contributed by atoms with van der Waals surface area (Å²) in [7, 11) is 0. The van der Waals surface area contributed by atoms with Gasteiger partial charge in [0.25, 0.3) is 0 Å². The molecular weight excluding hydrogens is 281 g/mol. The second kappa shape index (κ2) is 5.07. The fourth-order valence-corrected chi connectivity index (χ4v) is 3.05. The summed E-state index contributed by atoms with van der Waals surface area (Å²) in [5.74, 6) is 0.321. The van der Waals surface area contributed by atoms with Gasteiger partial charge in [0.05, 0.1) is 0 Å². The second-order valence-electron chi connectivity index (χ2n) is 5.29. The van der Waals surface area contributed by atoms with Gasteiger partial charge in [-0.15, -0.1) is 0 Å². The third-order valence-corrected chi connectivity index (χ3v) is 4.54. The number of rotatable bonds is 2. The van der Waals surface area contributed by atoms with Crippen LogP contribution in [-0.4, -0.2) is 5.54 Å². The lowest BCUT2D eigenvalue weighted by atomic mass is 9.71. The van der Waals surface area contributed by atoms with Crippen LogP contribution in [0.5, 0.6) is 0 Å². The summed E-state index contributed by atoms with van der Waals surface area (Å²) in [5, 5.41) is 0. The van der Waals surface area contributed by atoms with E-state index >= 15 is 0 Å². The molecule has 0 saturated heterocycles. The van der Waals surface area contributed by atoms with E-state index in [2.05, 4.69) is 22.9 Å². The molecule has 2 N–H and O–H groups in total. The van der Waals surface area contributed by atoms with Crippen LogP contribution in [0.15, 0.2) is 22.7 Å². The van der Waals surface area contributed by atoms with Gasteiger partial charge >= 0.3 is 0 Å². The molecule has 1 saturated carbocycles. The van der Waals surface area contributed by atoms with E-state index in [4.69, 9.17) is 5.73 Å². The molecule has 2 unspecified atom stereocenters. The van der Waals surface area contributed by atoms with Crippen molar-refractivity contribution in [3.63, 3.8) is 0 Å². The molecule has 3 heteroatoms. The van der Waals surface area contributed by atoms with Crippen molar-refractivity contribution in [3.05, 3.63) is 34.1 Å². The molecule has 2 rings (SSSR count). The minimum absolute atomic E-state index is 0.151. The van der Waals surface area contributed by atoms with Gasteiger partial charge in [0, 0.05) is 10.0 Å². The van der Waals surface area contributed by atoms with Gasteiger partial charge in [-0.1, -0.05) is 41.8 Å². The van der Waals surface area contributed by atoms with Crippen LogP contribution in [0.4, 0.5) is 4.39 Å². The van der Waals surface area contributed by atoms with Crippen LogP contribution in [0, 0.1) is 11.7 Å². The zero-order valence-corrected chi connectivity index (χ0v) is 11.8. The lowest BCUT2D eigenvalue weighted by Crippen LogP contribution is -2.50. The largest absolute Gasteiger partial charge is 0.325 e. The van der Waals surface area contributed by atoms with Gasteiger partial charge in [0.2, 0.25) is 0 Å². The summed E-state index contributed by atoms with van der Waals surface area (Å²) in [6.07, 6.45) is 5.23. The Balaban J connectivity index is 2.19. The van der Waals surface area contributed by atoms with Gasteiger partial charge in [-0.2, -0.15) is 0 Å². The Labute approximate surface area is 111 Å². The first-order valence-electron chi connectivity index (χ1n) is 6.24. The van der Waals surface area contributed by atoms with Crippen molar-refractivity contribution in [2.45, 2.75) is 44.6 Å². The zero-order valence-electron chi connectivity index (χ0n) is 10.2. The number of hydrogen-bond donors (Lipinski definition) is 1. The lowest BCUT2D eigenvalue weighted by molar-refractivity contribution is 0.202. The normalized spacial score (nSPS) is 29.3. The monoisotopic (exact) mass is 299 g/mol. The first-order valence-corrected chi connectivity index (χ1v) is 7.03.